The Bertz CT molecular complexity index is 318. The van der Waals surface area contributed by atoms with Gasteiger partial charge in [-0.1, -0.05) is 6.42 Å². The Balaban J connectivity index is 1.57. The highest BCUT2D eigenvalue weighted by Crippen LogP contribution is 2.16. The van der Waals surface area contributed by atoms with Gasteiger partial charge in [0.05, 0.1) is 6.61 Å². The molecule has 102 valence electrons. The van der Waals surface area contributed by atoms with E-state index in [4.69, 9.17) is 0 Å². The van der Waals surface area contributed by atoms with Crippen LogP contribution in [0, 0.1) is 0 Å². The van der Waals surface area contributed by atoms with E-state index in [1.807, 2.05) is 11.6 Å². The molecule has 0 aromatic carbocycles. The van der Waals surface area contributed by atoms with E-state index in [0.29, 0.717) is 12.6 Å². The number of aliphatic hydroxyl groups is 1. The Labute approximate surface area is 113 Å². The predicted molar refractivity (Wildman–Crippen MR) is 74.7 cm³/mol. The number of aliphatic hydroxyl groups excluding tert-OH is 1. The summed E-state index contributed by atoms with van der Waals surface area (Å²) in [6, 6.07) is 0.401. The van der Waals surface area contributed by atoms with Crippen molar-refractivity contribution in [3.05, 3.63) is 16.6 Å². The molecule has 1 saturated heterocycles. The van der Waals surface area contributed by atoms with Gasteiger partial charge in [-0.25, -0.2) is 4.98 Å². The maximum atomic E-state index is 9.32. The summed E-state index contributed by atoms with van der Waals surface area (Å²) in [6.07, 6.45) is 6.69. The van der Waals surface area contributed by atoms with Crippen LogP contribution in [-0.2, 0) is 6.54 Å². The van der Waals surface area contributed by atoms with Crippen molar-refractivity contribution >= 4 is 11.3 Å². The lowest BCUT2D eigenvalue weighted by Crippen LogP contribution is -2.42. The van der Waals surface area contributed by atoms with Gasteiger partial charge in [0.25, 0.3) is 0 Å². The van der Waals surface area contributed by atoms with Crippen LogP contribution in [0.1, 0.15) is 30.7 Å². The Hall–Kier alpha value is -0.490. The van der Waals surface area contributed by atoms with E-state index in [-0.39, 0.29) is 0 Å². The lowest BCUT2D eigenvalue weighted by molar-refractivity contribution is 0.0893. The molecule has 1 aromatic rings. The summed E-state index contributed by atoms with van der Waals surface area (Å²) in [5, 5.41) is 15.9. The fraction of sp³-hybridized carbons (Fsp3) is 0.769. The number of hydrogen-bond acceptors (Lipinski definition) is 5. The van der Waals surface area contributed by atoms with E-state index in [9.17, 15) is 5.11 Å². The molecule has 1 aromatic heterocycles. The average molecular weight is 269 g/mol. The summed E-state index contributed by atoms with van der Waals surface area (Å²) in [5.41, 5.74) is 0. The standard InChI is InChI=1S/C13H23N3OS/c17-11-12-4-1-2-7-16(12)8-3-5-14-10-13-15-6-9-18-13/h6,9,12,14,17H,1-5,7-8,10-11H2. The molecule has 2 N–H and O–H groups in total. The molecule has 0 saturated carbocycles. The number of piperidine rings is 1. The molecule has 2 heterocycles. The molecule has 1 fully saturated rings. The van der Waals surface area contributed by atoms with Crippen LogP contribution < -0.4 is 5.32 Å². The second kappa shape index (κ2) is 7.84. The van der Waals surface area contributed by atoms with Gasteiger partial charge in [-0.3, -0.25) is 4.90 Å². The van der Waals surface area contributed by atoms with E-state index in [0.717, 1.165) is 44.0 Å². The molecule has 1 aliphatic rings. The average Bonchev–Trinajstić information content (AvgIpc) is 2.92. The zero-order valence-electron chi connectivity index (χ0n) is 10.8. The van der Waals surface area contributed by atoms with Crippen molar-refractivity contribution in [1.82, 2.24) is 15.2 Å². The Kier molecular flexibility index (Phi) is 6.07. The molecule has 0 spiro atoms. The van der Waals surface area contributed by atoms with Crippen molar-refractivity contribution in [2.24, 2.45) is 0 Å². The molecule has 1 unspecified atom stereocenters. The first-order chi connectivity index (χ1) is 8.90. The fourth-order valence-electron chi connectivity index (χ4n) is 2.50. The second-order valence-electron chi connectivity index (χ2n) is 4.82. The molecular weight excluding hydrogens is 246 g/mol. The highest BCUT2D eigenvalue weighted by atomic mass is 32.1. The van der Waals surface area contributed by atoms with Gasteiger partial charge in [-0.2, -0.15) is 0 Å². The zero-order chi connectivity index (χ0) is 12.6. The van der Waals surface area contributed by atoms with Crippen LogP contribution in [0.25, 0.3) is 0 Å². The van der Waals surface area contributed by atoms with Crippen LogP contribution >= 0.6 is 11.3 Å². The molecule has 1 aliphatic heterocycles. The van der Waals surface area contributed by atoms with Crippen molar-refractivity contribution < 1.29 is 5.11 Å². The maximum Gasteiger partial charge on any atom is 0.106 e. The molecule has 0 amide bonds. The van der Waals surface area contributed by atoms with Crippen LogP contribution in [0.4, 0.5) is 0 Å². The molecule has 18 heavy (non-hydrogen) atoms. The van der Waals surface area contributed by atoms with Gasteiger partial charge in [0.15, 0.2) is 0 Å². The van der Waals surface area contributed by atoms with Crippen molar-refractivity contribution in [3.8, 4) is 0 Å². The zero-order valence-corrected chi connectivity index (χ0v) is 11.7. The molecule has 2 rings (SSSR count). The van der Waals surface area contributed by atoms with E-state index in [2.05, 4.69) is 15.2 Å². The third kappa shape index (κ3) is 4.31. The molecule has 1 atom stereocenters. The molecule has 5 heteroatoms. The Morgan fingerprint density at radius 1 is 1.50 bits per heavy atom. The molecule has 4 nitrogen and oxygen atoms in total. The highest BCUT2D eigenvalue weighted by molar-refractivity contribution is 7.09. The smallest absolute Gasteiger partial charge is 0.106 e. The predicted octanol–water partition coefficient (Wildman–Crippen LogP) is 1.47. The van der Waals surface area contributed by atoms with E-state index in [1.165, 1.54) is 12.8 Å². The van der Waals surface area contributed by atoms with Crippen LogP contribution in [-0.4, -0.2) is 47.3 Å². The number of thiazole rings is 1. The minimum atomic E-state index is 0.312. The SMILES string of the molecule is OCC1CCCCN1CCCNCc1nccs1. The molecule has 0 bridgehead atoms. The van der Waals surface area contributed by atoms with Gasteiger partial charge in [-0.15, -0.1) is 11.3 Å². The van der Waals surface area contributed by atoms with Gasteiger partial charge in [0, 0.05) is 24.2 Å². The van der Waals surface area contributed by atoms with E-state index < -0.39 is 0 Å². The quantitative estimate of drug-likeness (QED) is 0.736. The molecular formula is C13H23N3OS. The summed E-state index contributed by atoms with van der Waals surface area (Å²) < 4.78 is 0. The van der Waals surface area contributed by atoms with E-state index >= 15 is 0 Å². The lowest BCUT2D eigenvalue weighted by Gasteiger charge is -2.34. The molecule has 0 aliphatic carbocycles. The number of aromatic nitrogens is 1. The first kappa shape index (κ1) is 13.9. The van der Waals surface area contributed by atoms with Crippen LogP contribution in [0.5, 0.6) is 0 Å². The second-order valence-corrected chi connectivity index (χ2v) is 5.80. The number of nitrogens with one attached hydrogen (secondary N) is 1. The van der Waals surface area contributed by atoms with Gasteiger partial charge in [0.2, 0.25) is 0 Å². The van der Waals surface area contributed by atoms with Crippen molar-refractivity contribution in [1.29, 1.82) is 0 Å². The van der Waals surface area contributed by atoms with E-state index in [1.54, 1.807) is 11.3 Å². The summed E-state index contributed by atoms with van der Waals surface area (Å²) in [7, 11) is 0. The first-order valence-corrected chi connectivity index (χ1v) is 7.72. The summed E-state index contributed by atoms with van der Waals surface area (Å²) in [5.74, 6) is 0. The van der Waals surface area contributed by atoms with Crippen LogP contribution in [0.15, 0.2) is 11.6 Å². The first-order valence-electron chi connectivity index (χ1n) is 6.84. The Morgan fingerprint density at radius 3 is 3.22 bits per heavy atom. The minimum absolute atomic E-state index is 0.312. The largest absolute Gasteiger partial charge is 0.395 e. The summed E-state index contributed by atoms with van der Waals surface area (Å²) in [4.78, 5) is 6.68. The van der Waals surface area contributed by atoms with Gasteiger partial charge >= 0.3 is 0 Å². The minimum Gasteiger partial charge on any atom is -0.395 e. The number of nitrogens with zero attached hydrogens (tertiary/aromatic N) is 2. The normalized spacial score (nSPS) is 21.3. The maximum absolute atomic E-state index is 9.32. The third-order valence-corrected chi connectivity index (χ3v) is 4.30. The number of rotatable bonds is 7. The number of hydrogen-bond donors (Lipinski definition) is 2. The highest BCUT2D eigenvalue weighted by Gasteiger charge is 2.20. The van der Waals surface area contributed by atoms with Gasteiger partial charge in [-0.05, 0) is 38.9 Å². The van der Waals surface area contributed by atoms with Gasteiger partial charge < -0.3 is 10.4 Å². The van der Waals surface area contributed by atoms with Crippen LogP contribution in [0.2, 0.25) is 0 Å². The van der Waals surface area contributed by atoms with Gasteiger partial charge in [0.1, 0.15) is 5.01 Å². The summed E-state index contributed by atoms with van der Waals surface area (Å²) in [6.45, 7) is 4.45. The topological polar surface area (TPSA) is 48.4 Å². The number of likely N-dealkylation sites (tertiary alicyclic amines) is 1. The van der Waals surface area contributed by atoms with Crippen molar-refractivity contribution in [2.45, 2.75) is 38.3 Å². The lowest BCUT2D eigenvalue weighted by atomic mass is 10.0. The summed E-state index contributed by atoms with van der Waals surface area (Å²) >= 11 is 1.70. The molecule has 0 radical (unpaired) electrons. The van der Waals surface area contributed by atoms with Crippen molar-refractivity contribution in [3.63, 3.8) is 0 Å². The van der Waals surface area contributed by atoms with Crippen LogP contribution in [0.3, 0.4) is 0 Å². The van der Waals surface area contributed by atoms with Crippen molar-refractivity contribution in [2.75, 3.05) is 26.2 Å². The fourth-order valence-corrected chi connectivity index (χ4v) is 3.09. The third-order valence-electron chi connectivity index (χ3n) is 3.52. The monoisotopic (exact) mass is 269 g/mol. The Morgan fingerprint density at radius 2 is 2.44 bits per heavy atom.